The fourth-order valence-corrected chi connectivity index (χ4v) is 1.24. The number of methoxy groups -OCH3 is 1. The number of nitrogens with zero attached hydrogens (tertiary/aromatic N) is 1. The number of hydrogen-bond acceptors (Lipinski definition) is 5. The molecule has 6 nitrogen and oxygen atoms in total. The van der Waals surface area contributed by atoms with Gasteiger partial charge in [-0.2, -0.15) is 18.7 Å². The van der Waals surface area contributed by atoms with Gasteiger partial charge >= 0.3 is 6.18 Å². The zero-order valence-corrected chi connectivity index (χ0v) is 9.86. The Morgan fingerprint density at radius 2 is 2.05 bits per heavy atom. The summed E-state index contributed by atoms with van der Waals surface area (Å²) in [6.45, 7) is -1.56. The van der Waals surface area contributed by atoms with Crippen molar-refractivity contribution in [1.82, 2.24) is 5.48 Å². The molecule has 0 fully saturated rings. The molecule has 0 aliphatic rings. The lowest BCUT2D eigenvalue weighted by atomic mass is 10.2. The fraction of sp³-hybridized carbons (Fsp3) is 0.400. The van der Waals surface area contributed by atoms with E-state index in [-0.39, 0.29) is 18.0 Å². The molecule has 0 radical (unpaired) electrons. The third-order valence-electron chi connectivity index (χ3n) is 2.01. The Bertz CT molecular complexity index is 451. The smallest absolute Gasteiger partial charge is 0.413 e. The van der Waals surface area contributed by atoms with Crippen LogP contribution in [-0.4, -0.2) is 24.8 Å². The molecule has 1 aromatic carbocycles. The van der Waals surface area contributed by atoms with Crippen molar-refractivity contribution in [3.63, 3.8) is 0 Å². The molecular formula is C10H11F3N2O4. The van der Waals surface area contributed by atoms with Crippen molar-refractivity contribution in [1.29, 1.82) is 0 Å². The van der Waals surface area contributed by atoms with E-state index in [4.69, 9.17) is 4.74 Å². The van der Waals surface area contributed by atoms with E-state index in [0.29, 0.717) is 5.56 Å². The van der Waals surface area contributed by atoms with Crippen LogP contribution >= 0.6 is 0 Å². The number of nitrogens with one attached hydrogen (secondary N) is 1. The summed E-state index contributed by atoms with van der Waals surface area (Å²) in [6.07, 6.45) is -4.44. The van der Waals surface area contributed by atoms with E-state index < -0.39 is 17.7 Å². The van der Waals surface area contributed by atoms with Crippen molar-refractivity contribution in [3.8, 4) is 5.75 Å². The Morgan fingerprint density at radius 1 is 1.37 bits per heavy atom. The number of rotatable bonds is 6. The predicted octanol–water partition coefficient (Wildman–Crippen LogP) is 2.19. The molecule has 1 rings (SSSR count). The van der Waals surface area contributed by atoms with Gasteiger partial charge in [0.2, 0.25) is 0 Å². The Balaban J connectivity index is 2.62. The summed E-state index contributed by atoms with van der Waals surface area (Å²) in [5.41, 5.74) is 2.23. The molecule has 106 valence electrons. The van der Waals surface area contributed by atoms with Gasteiger partial charge in [0.15, 0.2) is 6.61 Å². The highest BCUT2D eigenvalue weighted by molar-refractivity contribution is 5.42. The van der Waals surface area contributed by atoms with Gasteiger partial charge in [-0.15, -0.1) is 0 Å². The first-order valence-corrected chi connectivity index (χ1v) is 5.05. The van der Waals surface area contributed by atoms with Crippen LogP contribution in [0.3, 0.4) is 0 Å². The SMILES string of the molecule is COc1cc(CNOCC(F)(F)F)cc([N+](=O)[O-])c1. The van der Waals surface area contributed by atoms with E-state index in [9.17, 15) is 23.3 Å². The molecule has 1 N–H and O–H groups in total. The molecule has 0 heterocycles. The minimum atomic E-state index is -4.44. The highest BCUT2D eigenvalue weighted by atomic mass is 19.4. The van der Waals surface area contributed by atoms with Crippen molar-refractivity contribution in [2.45, 2.75) is 12.7 Å². The normalized spacial score (nSPS) is 11.4. The van der Waals surface area contributed by atoms with E-state index >= 15 is 0 Å². The van der Waals surface area contributed by atoms with E-state index in [1.54, 1.807) is 0 Å². The molecule has 0 aliphatic heterocycles. The number of alkyl halides is 3. The molecule has 0 saturated carbocycles. The van der Waals surface area contributed by atoms with Crippen LogP contribution in [0.25, 0.3) is 0 Å². The maximum absolute atomic E-state index is 11.8. The lowest BCUT2D eigenvalue weighted by molar-refractivity contribution is -0.385. The third-order valence-corrected chi connectivity index (χ3v) is 2.01. The second-order valence-corrected chi connectivity index (χ2v) is 3.52. The topological polar surface area (TPSA) is 73.6 Å². The highest BCUT2D eigenvalue weighted by Crippen LogP contribution is 2.22. The van der Waals surface area contributed by atoms with Gasteiger partial charge in [-0.25, -0.2) is 0 Å². The van der Waals surface area contributed by atoms with E-state index in [2.05, 4.69) is 10.3 Å². The standard InChI is InChI=1S/C10H11F3N2O4/c1-18-9-3-7(2-8(4-9)15(16)17)5-14-19-6-10(11,12)13/h2-4,14H,5-6H2,1H3. The first kappa shape index (κ1) is 15.2. The summed E-state index contributed by atoms with van der Waals surface area (Å²) in [5, 5.41) is 10.6. The molecule has 0 amide bonds. The molecule has 0 unspecified atom stereocenters. The maximum Gasteiger partial charge on any atom is 0.413 e. The average Bonchev–Trinajstić information content (AvgIpc) is 2.33. The Hall–Kier alpha value is -1.87. The zero-order valence-electron chi connectivity index (χ0n) is 9.86. The van der Waals surface area contributed by atoms with Crippen LogP contribution in [0.5, 0.6) is 5.75 Å². The van der Waals surface area contributed by atoms with Crippen LogP contribution in [0.4, 0.5) is 18.9 Å². The number of hydroxylamine groups is 1. The van der Waals surface area contributed by atoms with Crippen LogP contribution in [0.15, 0.2) is 18.2 Å². The molecule has 0 aliphatic carbocycles. The summed E-state index contributed by atoms with van der Waals surface area (Å²) in [7, 11) is 1.33. The number of benzene rings is 1. The summed E-state index contributed by atoms with van der Waals surface area (Å²) in [4.78, 5) is 14.2. The lowest BCUT2D eigenvalue weighted by Crippen LogP contribution is -2.24. The highest BCUT2D eigenvalue weighted by Gasteiger charge is 2.27. The summed E-state index contributed by atoms with van der Waals surface area (Å²) < 4.78 is 40.2. The largest absolute Gasteiger partial charge is 0.496 e. The monoisotopic (exact) mass is 280 g/mol. The molecule has 0 spiro atoms. The van der Waals surface area contributed by atoms with Crippen molar-refractivity contribution in [2.75, 3.05) is 13.7 Å². The van der Waals surface area contributed by atoms with Gasteiger partial charge in [0.25, 0.3) is 5.69 Å². The number of nitro groups is 1. The Kier molecular flexibility index (Phi) is 5.07. The second-order valence-electron chi connectivity index (χ2n) is 3.52. The first-order valence-electron chi connectivity index (χ1n) is 5.05. The third kappa shape index (κ3) is 5.53. The predicted molar refractivity (Wildman–Crippen MR) is 58.5 cm³/mol. The number of ether oxygens (including phenoxy) is 1. The van der Waals surface area contributed by atoms with Gasteiger partial charge in [0, 0.05) is 12.6 Å². The van der Waals surface area contributed by atoms with Gasteiger partial charge in [-0.1, -0.05) is 0 Å². The fourth-order valence-electron chi connectivity index (χ4n) is 1.24. The van der Waals surface area contributed by atoms with Crippen molar-refractivity contribution in [3.05, 3.63) is 33.9 Å². The van der Waals surface area contributed by atoms with Crippen molar-refractivity contribution in [2.24, 2.45) is 0 Å². The summed E-state index contributed by atoms with van der Waals surface area (Å²) >= 11 is 0. The van der Waals surface area contributed by atoms with E-state index in [0.717, 1.165) is 0 Å². The quantitative estimate of drug-likeness (QED) is 0.491. The van der Waals surface area contributed by atoms with Gasteiger partial charge < -0.3 is 4.74 Å². The number of non-ortho nitro benzene ring substituents is 1. The number of nitro benzene ring substituents is 1. The number of halogens is 3. The summed E-state index contributed by atoms with van der Waals surface area (Å²) in [5.74, 6) is 0.238. The van der Waals surface area contributed by atoms with E-state index in [1.165, 1.54) is 25.3 Å². The molecule has 9 heteroatoms. The Morgan fingerprint density at radius 3 is 2.58 bits per heavy atom. The van der Waals surface area contributed by atoms with Crippen molar-refractivity contribution < 1.29 is 27.7 Å². The van der Waals surface area contributed by atoms with Gasteiger partial charge in [0.05, 0.1) is 18.1 Å². The minimum absolute atomic E-state index is 0.117. The summed E-state index contributed by atoms with van der Waals surface area (Å²) in [6, 6.07) is 3.88. The Labute approximate surface area is 106 Å². The van der Waals surface area contributed by atoms with Crippen LogP contribution in [0.1, 0.15) is 5.56 Å². The number of hydrogen-bond donors (Lipinski definition) is 1. The van der Waals surface area contributed by atoms with Crippen LogP contribution in [0, 0.1) is 10.1 Å². The molecule has 1 aromatic rings. The molecule has 0 aromatic heterocycles. The van der Waals surface area contributed by atoms with Crippen molar-refractivity contribution >= 4 is 5.69 Å². The minimum Gasteiger partial charge on any atom is -0.496 e. The van der Waals surface area contributed by atoms with E-state index in [1.807, 2.05) is 0 Å². The molecule has 0 atom stereocenters. The lowest BCUT2D eigenvalue weighted by Gasteiger charge is -2.09. The molecule has 0 saturated heterocycles. The second kappa shape index (κ2) is 6.34. The average molecular weight is 280 g/mol. The molecule has 19 heavy (non-hydrogen) atoms. The van der Waals surface area contributed by atoms with Crippen LogP contribution in [-0.2, 0) is 11.4 Å². The van der Waals surface area contributed by atoms with Gasteiger partial charge in [0.1, 0.15) is 5.75 Å². The maximum atomic E-state index is 11.8. The zero-order chi connectivity index (χ0) is 14.5. The van der Waals surface area contributed by atoms with Gasteiger partial charge in [-0.05, 0) is 11.6 Å². The molecular weight excluding hydrogens is 269 g/mol. The molecule has 0 bridgehead atoms. The van der Waals surface area contributed by atoms with Crippen LogP contribution in [0.2, 0.25) is 0 Å². The first-order chi connectivity index (χ1) is 8.81. The van der Waals surface area contributed by atoms with Crippen LogP contribution < -0.4 is 10.2 Å². The van der Waals surface area contributed by atoms with Gasteiger partial charge in [-0.3, -0.25) is 15.0 Å².